The molecule has 0 saturated heterocycles. The molecule has 7 heteroatoms. The molecule has 1 aliphatic carbocycles. The Morgan fingerprint density at radius 2 is 1.89 bits per heavy atom. The van der Waals surface area contributed by atoms with Crippen LogP contribution in [0.15, 0.2) is 54.6 Å². The number of para-hydroxylation sites is 1. The number of esters is 1. The molecule has 2 heterocycles. The molecule has 38 heavy (non-hydrogen) atoms. The van der Waals surface area contributed by atoms with E-state index < -0.39 is 5.97 Å². The lowest BCUT2D eigenvalue weighted by molar-refractivity contribution is 0.0600. The van der Waals surface area contributed by atoms with Crippen LogP contribution in [0.25, 0.3) is 22.2 Å². The van der Waals surface area contributed by atoms with Crippen LogP contribution < -0.4 is 5.32 Å². The van der Waals surface area contributed by atoms with Crippen LogP contribution in [0.4, 0.5) is 5.00 Å². The number of hydrogen-bond acceptors (Lipinski definition) is 5. The summed E-state index contributed by atoms with van der Waals surface area (Å²) in [4.78, 5) is 32.7. The van der Waals surface area contributed by atoms with Crippen molar-refractivity contribution >= 4 is 50.7 Å². The van der Waals surface area contributed by atoms with Crippen molar-refractivity contribution in [2.75, 3.05) is 12.4 Å². The van der Waals surface area contributed by atoms with E-state index in [9.17, 15) is 9.59 Å². The van der Waals surface area contributed by atoms with Crippen LogP contribution >= 0.6 is 22.9 Å². The molecule has 0 saturated carbocycles. The number of carbonyl (C=O) groups excluding carboxylic acids is 2. The number of nitrogens with zero attached hydrogens (tertiary/aromatic N) is 1. The quantitative estimate of drug-likeness (QED) is 0.247. The number of amides is 1. The van der Waals surface area contributed by atoms with Crippen LogP contribution in [0.1, 0.15) is 64.8 Å². The number of halogens is 1. The van der Waals surface area contributed by atoms with E-state index in [0.717, 1.165) is 47.1 Å². The third-order valence-corrected chi connectivity index (χ3v) is 9.51. The smallest absolute Gasteiger partial charge is 0.341 e. The van der Waals surface area contributed by atoms with Gasteiger partial charge in [0.15, 0.2) is 0 Å². The fraction of sp³-hybridized carbons (Fsp3) is 0.323. The standard InChI is InChI=1S/C31H31ClN2O3S/c1-5-31(2,3)18-14-15-21-26(16-18)38-29(27(21)30(36)37-4)34-28(35)22-17-25(20-11-6-8-12-23(20)32)33-24-13-9-7-10-19(22)24/h6-13,17-18H,5,14-16H2,1-4H3,(H,34,35). The van der Waals surface area contributed by atoms with Gasteiger partial charge in [-0.15, -0.1) is 11.3 Å². The lowest BCUT2D eigenvalue weighted by Gasteiger charge is -2.36. The summed E-state index contributed by atoms with van der Waals surface area (Å²) in [5.74, 6) is -0.191. The summed E-state index contributed by atoms with van der Waals surface area (Å²) in [5.41, 5.74) is 4.23. The summed E-state index contributed by atoms with van der Waals surface area (Å²) < 4.78 is 5.16. The summed E-state index contributed by atoms with van der Waals surface area (Å²) in [6.45, 7) is 6.85. The van der Waals surface area contributed by atoms with Gasteiger partial charge in [-0.3, -0.25) is 4.79 Å². The summed E-state index contributed by atoms with van der Waals surface area (Å²) in [5, 5.41) is 4.90. The van der Waals surface area contributed by atoms with Crippen molar-refractivity contribution in [3.05, 3.63) is 81.2 Å². The molecular formula is C31H31ClN2O3S. The maximum atomic E-state index is 13.8. The molecule has 2 aromatic heterocycles. The van der Waals surface area contributed by atoms with Crippen LogP contribution in [0.2, 0.25) is 5.02 Å². The van der Waals surface area contributed by atoms with Gasteiger partial charge in [0.05, 0.1) is 29.4 Å². The molecule has 0 bridgehead atoms. The van der Waals surface area contributed by atoms with Gasteiger partial charge in [0.25, 0.3) is 5.91 Å². The zero-order valence-corrected chi connectivity index (χ0v) is 23.6. The first kappa shape index (κ1) is 26.4. The Kier molecular flexibility index (Phi) is 7.30. The van der Waals surface area contributed by atoms with Crippen LogP contribution in [0.3, 0.4) is 0 Å². The number of thiophene rings is 1. The molecule has 0 aliphatic heterocycles. The molecule has 1 aliphatic rings. The van der Waals surface area contributed by atoms with Gasteiger partial charge in [0.2, 0.25) is 0 Å². The van der Waals surface area contributed by atoms with E-state index in [1.807, 2.05) is 42.5 Å². The van der Waals surface area contributed by atoms with E-state index in [1.54, 1.807) is 12.1 Å². The third-order valence-electron chi connectivity index (χ3n) is 8.01. The minimum absolute atomic E-state index is 0.210. The van der Waals surface area contributed by atoms with Gasteiger partial charge in [-0.2, -0.15) is 0 Å². The van der Waals surface area contributed by atoms with Crippen molar-refractivity contribution in [3.8, 4) is 11.3 Å². The number of methoxy groups -OCH3 is 1. The van der Waals surface area contributed by atoms with Crippen LogP contribution in [0, 0.1) is 11.3 Å². The second kappa shape index (κ2) is 10.5. The lowest BCUT2D eigenvalue weighted by Crippen LogP contribution is -2.28. The highest BCUT2D eigenvalue weighted by Crippen LogP contribution is 2.46. The first-order valence-corrected chi connectivity index (χ1v) is 14.1. The SMILES string of the molecule is CCC(C)(C)C1CCc2c(sc(NC(=O)c3cc(-c4ccccc4Cl)nc4ccccc34)c2C(=O)OC)C1. The molecule has 1 atom stereocenters. The van der Waals surface area contributed by atoms with Crippen molar-refractivity contribution < 1.29 is 14.3 Å². The van der Waals surface area contributed by atoms with E-state index in [4.69, 9.17) is 21.3 Å². The van der Waals surface area contributed by atoms with Gasteiger partial charge in [0.1, 0.15) is 5.00 Å². The predicted molar refractivity (Wildman–Crippen MR) is 155 cm³/mol. The Bertz CT molecular complexity index is 1540. The molecule has 0 radical (unpaired) electrons. The van der Waals surface area contributed by atoms with Crippen LogP contribution in [-0.4, -0.2) is 24.0 Å². The Labute approximate surface area is 232 Å². The van der Waals surface area contributed by atoms with Gasteiger partial charge in [-0.25, -0.2) is 9.78 Å². The van der Waals surface area contributed by atoms with Gasteiger partial charge in [-0.05, 0) is 54.4 Å². The summed E-state index contributed by atoms with van der Waals surface area (Å²) in [6, 6.07) is 16.8. The fourth-order valence-corrected chi connectivity index (χ4v) is 6.83. The average molecular weight is 547 g/mol. The molecule has 0 fully saturated rings. The maximum Gasteiger partial charge on any atom is 0.341 e. The largest absolute Gasteiger partial charge is 0.465 e. The number of carbonyl (C=O) groups is 2. The second-order valence-electron chi connectivity index (χ2n) is 10.5. The summed E-state index contributed by atoms with van der Waals surface area (Å²) >= 11 is 7.96. The summed E-state index contributed by atoms with van der Waals surface area (Å²) in [6.07, 6.45) is 3.80. The number of aromatic nitrogens is 1. The first-order chi connectivity index (χ1) is 18.2. The molecule has 2 aromatic carbocycles. The molecule has 1 unspecified atom stereocenters. The molecule has 196 valence electrons. The minimum atomic E-state index is -0.414. The van der Waals surface area contributed by atoms with E-state index in [1.165, 1.54) is 18.4 Å². The zero-order chi connectivity index (χ0) is 27.0. The summed E-state index contributed by atoms with van der Waals surface area (Å²) in [7, 11) is 1.38. The molecular weight excluding hydrogens is 516 g/mol. The van der Waals surface area contributed by atoms with E-state index >= 15 is 0 Å². The number of ether oxygens (including phenoxy) is 1. The number of anilines is 1. The molecule has 4 aromatic rings. The van der Waals surface area contributed by atoms with Gasteiger partial charge in [0, 0.05) is 20.8 Å². The number of benzene rings is 2. The first-order valence-electron chi connectivity index (χ1n) is 12.9. The highest BCUT2D eigenvalue weighted by atomic mass is 35.5. The monoisotopic (exact) mass is 546 g/mol. The van der Waals surface area contributed by atoms with Gasteiger partial charge in [-0.1, -0.05) is 75.2 Å². The zero-order valence-electron chi connectivity index (χ0n) is 22.1. The molecule has 1 amide bonds. The van der Waals surface area contributed by atoms with E-state index in [0.29, 0.717) is 38.3 Å². The Morgan fingerprint density at radius 3 is 2.63 bits per heavy atom. The molecule has 0 spiro atoms. The highest BCUT2D eigenvalue weighted by Gasteiger charge is 2.35. The predicted octanol–water partition coefficient (Wildman–Crippen LogP) is 8.20. The van der Waals surface area contributed by atoms with Crippen molar-refractivity contribution in [1.29, 1.82) is 0 Å². The second-order valence-corrected chi connectivity index (χ2v) is 12.0. The molecule has 5 nitrogen and oxygen atoms in total. The Balaban J connectivity index is 1.56. The Morgan fingerprint density at radius 1 is 1.16 bits per heavy atom. The van der Waals surface area contributed by atoms with Gasteiger partial charge < -0.3 is 10.1 Å². The topological polar surface area (TPSA) is 68.3 Å². The number of rotatable bonds is 6. The molecule has 5 rings (SSSR count). The van der Waals surface area contributed by atoms with Crippen molar-refractivity contribution in [3.63, 3.8) is 0 Å². The molecule has 1 N–H and O–H groups in total. The fourth-order valence-electron chi connectivity index (χ4n) is 5.29. The average Bonchev–Trinajstić information content (AvgIpc) is 3.29. The normalized spacial score (nSPS) is 15.2. The van der Waals surface area contributed by atoms with Crippen molar-refractivity contribution in [2.24, 2.45) is 11.3 Å². The number of hydrogen-bond donors (Lipinski definition) is 1. The number of pyridine rings is 1. The Hall–Kier alpha value is -3.22. The lowest BCUT2D eigenvalue weighted by atomic mass is 9.69. The van der Waals surface area contributed by atoms with E-state index in [-0.39, 0.29) is 11.3 Å². The van der Waals surface area contributed by atoms with Crippen LogP contribution in [0.5, 0.6) is 0 Å². The number of fused-ring (bicyclic) bond motifs is 2. The van der Waals surface area contributed by atoms with Crippen molar-refractivity contribution in [1.82, 2.24) is 4.98 Å². The van der Waals surface area contributed by atoms with Gasteiger partial charge >= 0.3 is 5.97 Å². The highest BCUT2D eigenvalue weighted by molar-refractivity contribution is 7.17. The third kappa shape index (κ3) is 4.83. The minimum Gasteiger partial charge on any atom is -0.465 e. The maximum absolute atomic E-state index is 13.8. The van der Waals surface area contributed by atoms with Crippen molar-refractivity contribution in [2.45, 2.75) is 46.5 Å². The van der Waals surface area contributed by atoms with E-state index in [2.05, 4.69) is 26.1 Å². The van der Waals surface area contributed by atoms with Crippen LogP contribution in [-0.2, 0) is 17.6 Å². The number of nitrogens with one attached hydrogen (secondary N) is 1.